The molecule has 1 rings (SSSR count). The summed E-state index contributed by atoms with van der Waals surface area (Å²) in [5, 5.41) is 0. The van der Waals surface area contributed by atoms with Crippen LogP contribution in [0.25, 0.3) is 0 Å². The minimum atomic E-state index is 0.435. The Morgan fingerprint density at radius 1 is 0.882 bits per heavy atom. The average Bonchev–Trinajstić information content (AvgIpc) is 2.15. The zero-order chi connectivity index (χ0) is 13.1. The zero-order valence-electron chi connectivity index (χ0n) is 13.0. The molecule has 1 atom stereocenters. The molecule has 1 aliphatic heterocycles. The van der Waals surface area contributed by atoms with Crippen molar-refractivity contribution in [1.29, 1.82) is 0 Å². The predicted octanol–water partition coefficient (Wildman–Crippen LogP) is 4.57. The molecule has 0 amide bonds. The molecule has 0 aliphatic carbocycles. The van der Waals surface area contributed by atoms with Gasteiger partial charge in [0.15, 0.2) is 0 Å². The van der Waals surface area contributed by atoms with Crippen LogP contribution in [0.3, 0.4) is 0 Å². The van der Waals surface area contributed by atoms with Crippen molar-refractivity contribution in [2.75, 3.05) is 19.6 Å². The Morgan fingerprint density at radius 2 is 1.41 bits per heavy atom. The molecule has 1 saturated heterocycles. The summed E-state index contributed by atoms with van der Waals surface area (Å²) in [5.41, 5.74) is 0.887. The third-order valence-electron chi connectivity index (χ3n) is 4.01. The van der Waals surface area contributed by atoms with Gasteiger partial charge in [-0.15, -0.1) is 0 Å². The van der Waals surface area contributed by atoms with Crippen LogP contribution in [0.4, 0.5) is 0 Å². The normalized spacial score (nSPS) is 21.5. The van der Waals surface area contributed by atoms with E-state index in [1.54, 1.807) is 0 Å². The van der Waals surface area contributed by atoms with E-state index in [4.69, 9.17) is 0 Å². The summed E-state index contributed by atoms with van der Waals surface area (Å²) in [6, 6.07) is 0. The molecule has 0 bridgehead atoms. The molecule has 0 radical (unpaired) electrons. The fourth-order valence-corrected chi connectivity index (χ4v) is 2.84. The molecule has 1 heterocycles. The van der Waals surface area contributed by atoms with Gasteiger partial charge in [0.05, 0.1) is 0 Å². The third-order valence-corrected chi connectivity index (χ3v) is 4.01. The van der Waals surface area contributed by atoms with Gasteiger partial charge in [0.1, 0.15) is 0 Å². The van der Waals surface area contributed by atoms with E-state index in [0.29, 0.717) is 10.8 Å². The molecule has 1 heteroatoms. The quantitative estimate of drug-likeness (QED) is 0.697. The van der Waals surface area contributed by atoms with Crippen LogP contribution in [-0.2, 0) is 0 Å². The van der Waals surface area contributed by atoms with Crippen LogP contribution in [0.15, 0.2) is 0 Å². The largest absolute Gasteiger partial charge is 0.303 e. The maximum Gasteiger partial charge on any atom is 0.00149 e. The predicted molar refractivity (Wildman–Crippen MR) is 77.3 cm³/mol. The standard InChI is InChI=1S/C16H33N/c1-15(2,3)12-14(16(4,5)6)13-17-10-8-7-9-11-17/h14H,7-13H2,1-6H3. The summed E-state index contributed by atoms with van der Waals surface area (Å²) in [4.78, 5) is 2.70. The van der Waals surface area contributed by atoms with E-state index in [1.807, 2.05) is 0 Å². The van der Waals surface area contributed by atoms with Gasteiger partial charge >= 0.3 is 0 Å². The van der Waals surface area contributed by atoms with Crippen LogP contribution in [-0.4, -0.2) is 24.5 Å². The maximum atomic E-state index is 2.70. The molecule has 0 aromatic carbocycles. The van der Waals surface area contributed by atoms with Crippen molar-refractivity contribution in [1.82, 2.24) is 4.90 Å². The molecule has 1 unspecified atom stereocenters. The van der Waals surface area contributed by atoms with Crippen LogP contribution in [0.2, 0.25) is 0 Å². The molecule has 1 fully saturated rings. The van der Waals surface area contributed by atoms with Crippen LogP contribution in [0.1, 0.15) is 67.2 Å². The number of likely N-dealkylation sites (tertiary alicyclic amines) is 1. The van der Waals surface area contributed by atoms with E-state index < -0.39 is 0 Å². The lowest BCUT2D eigenvalue weighted by Gasteiger charge is -2.40. The lowest BCUT2D eigenvalue weighted by Crippen LogP contribution is -2.39. The maximum absolute atomic E-state index is 2.70. The first kappa shape index (κ1) is 15.0. The van der Waals surface area contributed by atoms with Gasteiger partial charge in [-0.25, -0.2) is 0 Å². The van der Waals surface area contributed by atoms with Gasteiger partial charge in [0.25, 0.3) is 0 Å². The summed E-state index contributed by atoms with van der Waals surface area (Å²) in [6.07, 6.45) is 5.60. The van der Waals surface area contributed by atoms with Gasteiger partial charge < -0.3 is 4.90 Å². The highest BCUT2D eigenvalue weighted by Crippen LogP contribution is 2.36. The SMILES string of the molecule is CC(C)(C)CC(CN1CCCCC1)C(C)(C)C. The second kappa shape index (κ2) is 5.73. The number of rotatable bonds is 3. The first-order valence-corrected chi connectivity index (χ1v) is 7.41. The van der Waals surface area contributed by atoms with Gasteiger partial charge in [-0.05, 0) is 49.1 Å². The zero-order valence-corrected chi connectivity index (χ0v) is 13.0. The minimum absolute atomic E-state index is 0.435. The van der Waals surface area contributed by atoms with Crippen LogP contribution >= 0.6 is 0 Å². The highest BCUT2D eigenvalue weighted by atomic mass is 15.1. The Bertz CT molecular complexity index is 213. The first-order valence-electron chi connectivity index (χ1n) is 7.41. The molecule has 1 aliphatic rings. The molecule has 17 heavy (non-hydrogen) atoms. The van der Waals surface area contributed by atoms with Gasteiger partial charge in [-0.2, -0.15) is 0 Å². The molecule has 1 nitrogen and oxygen atoms in total. The Morgan fingerprint density at radius 3 is 1.82 bits per heavy atom. The second-order valence-electron chi connectivity index (χ2n) is 8.19. The Hall–Kier alpha value is -0.0400. The highest BCUT2D eigenvalue weighted by molar-refractivity contribution is 4.82. The van der Waals surface area contributed by atoms with Crippen LogP contribution in [0.5, 0.6) is 0 Å². The van der Waals surface area contributed by atoms with Crippen molar-refractivity contribution < 1.29 is 0 Å². The third kappa shape index (κ3) is 5.90. The van der Waals surface area contributed by atoms with E-state index >= 15 is 0 Å². The van der Waals surface area contributed by atoms with Crippen LogP contribution < -0.4 is 0 Å². The fourth-order valence-electron chi connectivity index (χ4n) is 2.84. The Balaban J connectivity index is 2.57. The first-order chi connectivity index (χ1) is 7.68. The Labute approximate surface area is 109 Å². The summed E-state index contributed by atoms with van der Waals surface area (Å²) in [5.74, 6) is 0.820. The molecule has 102 valence electrons. The lowest BCUT2D eigenvalue weighted by atomic mass is 9.72. The van der Waals surface area contributed by atoms with Crippen LogP contribution in [0, 0.1) is 16.7 Å². The molecule has 0 aromatic rings. The smallest absolute Gasteiger partial charge is 0.00149 e. The average molecular weight is 239 g/mol. The molecule has 0 saturated carbocycles. The van der Waals surface area contributed by atoms with E-state index in [-0.39, 0.29) is 0 Å². The van der Waals surface area contributed by atoms with Crippen molar-refractivity contribution in [3.63, 3.8) is 0 Å². The monoisotopic (exact) mass is 239 g/mol. The molecule has 0 aromatic heterocycles. The van der Waals surface area contributed by atoms with E-state index in [2.05, 4.69) is 46.4 Å². The summed E-state index contributed by atoms with van der Waals surface area (Å²) < 4.78 is 0. The van der Waals surface area contributed by atoms with E-state index in [0.717, 1.165) is 5.92 Å². The molecule has 0 N–H and O–H groups in total. The second-order valence-corrected chi connectivity index (χ2v) is 8.19. The van der Waals surface area contributed by atoms with Crippen molar-refractivity contribution >= 4 is 0 Å². The lowest BCUT2D eigenvalue weighted by molar-refractivity contribution is 0.0969. The fraction of sp³-hybridized carbons (Fsp3) is 1.00. The van der Waals surface area contributed by atoms with Gasteiger partial charge in [0, 0.05) is 6.54 Å². The van der Waals surface area contributed by atoms with E-state index in [1.165, 1.54) is 45.3 Å². The summed E-state index contributed by atoms with van der Waals surface area (Å²) in [6.45, 7) is 18.3. The van der Waals surface area contributed by atoms with Gasteiger partial charge in [-0.1, -0.05) is 48.0 Å². The number of piperidine rings is 1. The summed E-state index contributed by atoms with van der Waals surface area (Å²) in [7, 11) is 0. The van der Waals surface area contributed by atoms with Gasteiger partial charge in [-0.3, -0.25) is 0 Å². The number of hydrogen-bond acceptors (Lipinski definition) is 1. The van der Waals surface area contributed by atoms with Crippen molar-refractivity contribution in [3.05, 3.63) is 0 Å². The molecular weight excluding hydrogens is 206 g/mol. The Kier molecular flexibility index (Phi) is 5.07. The number of hydrogen-bond donors (Lipinski definition) is 0. The van der Waals surface area contributed by atoms with Crippen molar-refractivity contribution in [2.45, 2.75) is 67.2 Å². The number of nitrogens with zero attached hydrogens (tertiary/aromatic N) is 1. The summed E-state index contributed by atoms with van der Waals surface area (Å²) >= 11 is 0. The van der Waals surface area contributed by atoms with Crippen molar-refractivity contribution in [3.8, 4) is 0 Å². The van der Waals surface area contributed by atoms with E-state index in [9.17, 15) is 0 Å². The van der Waals surface area contributed by atoms with Gasteiger partial charge in [0.2, 0.25) is 0 Å². The topological polar surface area (TPSA) is 3.24 Å². The highest BCUT2D eigenvalue weighted by Gasteiger charge is 2.30. The van der Waals surface area contributed by atoms with Crippen molar-refractivity contribution in [2.24, 2.45) is 16.7 Å². The molecular formula is C16H33N. The minimum Gasteiger partial charge on any atom is -0.303 e. The molecule has 0 spiro atoms.